The monoisotopic (exact) mass is 427 g/mol. The Labute approximate surface area is 178 Å². The molecule has 1 aromatic carbocycles. The fourth-order valence-corrected chi connectivity index (χ4v) is 3.09. The van der Waals surface area contributed by atoms with Crippen LogP contribution in [0.5, 0.6) is 17.4 Å². The van der Waals surface area contributed by atoms with E-state index in [0.29, 0.717) is 30.5 Å². The van der Waals surface area contributed by atoms with Gasteiger partial charge in [0.2, 0.25) is 11.8 Å². The number of para-hydroxylation sites is 2. The predicted octanol–water partition coefficient (Wildman–Crippen LogP) is 4.00. The van der Waals surface area contributed by atoms with Crippen LogP contribution in [0.3, 0.4) is 0 Å². The summed E-state index contributed by atoms with van der Waals surface area (Å²) in [6.07, 6.45) is 5.23. The molecule has 1 aliphatic rings. The summed E-state index contributed by atoms with van der Waals surface area (Å²) in [5, 5.41) is 2.91. The Bertz CT molecular complexity index is 751. The lowest BCUT2D eigenvalue weighted by atomic mass is 9.98. The summed E-state index contributed by atoms with van der Waals surface area (Å²) in [5.74, 6) is 1.69. The van der Waals surface area contributed by atoms with Gasteiger partial charge in [0.15, 0.2) is 11.5 Å². The van der Waals surface area contributed by atoms with E-state index < -0.39 is 5.54 Å². The minimum absolute atomic E-state index is 0. The topological polar surface area (TPSA) is 86.5 Å². The van der Waals surface area contributed by atoms with Crippen molar-refractivity contribution in [3.8, 4) is 17.4 Å². The van der Waals surface area contributed by atoms with E-state index >= 15 is 0 Å². The summed E-state index contributed by atoms with van der Waals surface area (Å²) >= 11 is 0. The van der Waals surface area contributed by atoms with Crippen molar-refractivity contribution in [3.05, 3.63) is 48.2 Å². The lowest BCUT2D eigenvalue weighted by Crippen LogP contribution is -2.51. The van der Waals surface area contributed by atoms with Gasteiger partial charge in [-0.1, -0.05) is 31.0 Å². The lowest BCUT2D eigenvalue weighted by molar-refractivity contribution is -0.126. The Balaban J connectivity index is 0.00000196. The van der Waals surface area contributed by atoms with E-state index in [1.54, 1.807) is 12.3 Å². The van der Waals surface area contributed by atoms with E-state index in [1.165, 1.54) is 0 Å². The lowest BCUT2D eigenvalue weighted by Gasteiger charge is -2.22. The first kappa shape index (κ1) is 24.0. The molecule has 1 aliphatic carbocycles. The molecule has 2 aromatic rings. The van der Waals surface area contributed by atoms with Gasteiger partial charge in [0.25, 0.3) is 0 Å². The molecule has 1 aromatic heterocycles. The zero-order valence-corrected chi connectivity index (χ0v) is 17.5. The highest BCUT2D eigenvalue weighted by molar-refractivity contribution is 5.86. The quantitative estimate of drug-likeness (QED) is 0.696. The van der Waals surface area contributed by atoms with Crippen LogP contribution in [0.4, 0.5) is 0 Å². The Kier molecular flexibility index (Phi) is 9.52. The van der Waals surface area contributed by atoms with Gasteiger partial charge < -0.3 is 20.5 Å². The third-order valence-electron chi connectivity index (χ3n) is 4.56. The third kappa shape index (κ3) is 5.99. The number of ether oxygens (including phenoxy) is 2. The number of pyridine rings is 1. The molecule has 0 aliphatic heterocycles. The molecule has 0 radical (unpaired) electrons. The van der Waals surface area contributed by atoms with Crippen molar-refractivity contribution in [2.24, 2.45) is 5.73 Å². The largest absolute Gasteiger partial charge is 0.490 e. The number of nitrogens with one attached hydrogen (secondary N) is 1. The number of hydrogen-bond donors (Lipinski definition) is 2. The van der Waals surface area contributed by atoms with E-state index in [1.807, 2.05) is 37.3 Å². The molecule has 1 saturated carbocycles. The minimum atomic E-state index is -0.709. The fourth-order valence-electron chi connectivity index (χ4n) is 3.09. The maximum Gasteiger partial charge on any atom is 0.240 e. The normalized spacial score (nSPS) is 14.4. The smallest absolute Gasteiger partial charge is 0.240 e. The van der Waals surface area contributed by atoms with Crippen LogP contribution in [0.2, 0.25) is 0 Å². The van der Waals surface area contributed by atoms with Crippen molar-refractivity contribution in [2.45, 2.75) is 44.7 Å². The summed E-state index contributed by atoms with van der Waals surface area (Å²) in [6, 6.07) is 11.1. The van der Waals surface area contributed by atoms with Crippen molar-refractivity contribution >= 4 is 30.7 Å². The van der Waals surface area contributed by atoms with E-state index in [9.17, 15) is 4.79 Å². The molecule has 3 N–H and O–H groups in total. The second-order valence-electron chi connectivity index (χ2n) is 6.53. The van der Waals surface area contributed by atoms with Crippen LogP contribution in [-0.2, 0) is 11.3 Å². The molecule has 1 fully saturated rings. The van der Waals surface area contributed by atoms with E-state index in [0.717, 1.165) is 31.2 Å². The second kappa shape index (κ2) is 11.1. The molecule has 1 heterocycles. The number of carbonyl (C=O) groups is 1. The first-order chi connectivity index (χ1) is 12.6. The number of nitrogens with zero attached hydrogens (tertiary/aromatic N) is 1. The maximum atomic E-state index is 12.3. The van der Waals surface area contributed by atoms with Crippen LogP contribution < -0.4 is 20.5 Å². The molecule has 154 valence electrons. The van der Waals surface area contributed by atoms with Gasteiger partial charge in [0.1, 0.15) is 0 Å². The van der Waals surface area contributed by atoms with Crippen molar-refractivity contribution < 1.29 is 14.3 Å². The average Bonchev–Trinajstić information content (AvgIpc) is 3.11. The highest BCUT2D eigenvalue weighted by Gasteiger charge is 2.36. The molecule has 6 nitrogen and oxygen atoms in total. The number of halogens is 2. The maximum absolute atomic E-state index is 12.3. The molecule has 0 unspecified atom stereocenters. The van der Waals surface area contributed by atoms with Crippen LogP contribution in [0.25, 0.3) is 0 Å². The minimum Gasteiger partial charge on any atom is -0.490 e. The number of nitrogens with two attached hydrogens (primary N) is 1. The molecular formula is C20H27Cl2N3O3. The molecular weight excluding hydrogens is 401 g/mol. The zero-order chi connectivity index (χ0) is 18.4. The zero-order valence-electron chi connectivity index (χ0n) is 15.8. The van der Waals surface area contributed by atoms with Crippen molar-refractivity contribution in [1.82, 2.24) is 10.3 Å². The molecule has 1 amide bonds. The van der Waals surface area contributed by atoms with Crippen LogP contribution in [0.1, 0.15) is 38.2 Å². The molecule has 28 heavy (non-hydrogen) atoms. The Morgan fingerprint density at radius 1 is 1.14 bits per heavy atom. The van der Waals surface area contributed by atoms with Gasteiger partial charge >= 0.3 is 0 Å². The standard InChI is InChI=1S/C20H25N3O3.2ClH/c1-2-25-16-7-3-4-8-17(16)26-18-10-9-15(13-22-18)14-23-19(24)20(21)11-5-6-12-20;;/h3-4,7-10,13H,2,5-6,11-12,14,21H2,1H3,(H,23,24);2*1H. The van der Waals surface area contributed by atoms with Crippen LogP contribution in [0, 0.1) is 0 Å². The van der Waals surface area contributed by atoms with Crippen molar-refractivity contribution in [1.29, 1.82) is 0 Å². The number of carbonyl (C=O) groups excluding carboxylic acids is 1. The Hall–Kier alpha value is -2.02. The molecule has 0 saturated heterocycles. The first-order valence-electron chi connectivity index (χ1n) is 9.02. The Morgan fingerprint density at radius 2 is 1.82 bits per heavy atom. The Morgan fingerprint density at radius 3 is 2.43 bits per heavy atom. The van der Waals surface area contributed by atoms with Crippen LogP contribution >= 0.6 is 24.8 Å². The molecule has 0 bridgehead atoms. The predicted molar refractivity (Wildman–Crippen MR) is 114 cm³/mol. The second-order valence-corrected chi connectivity index (χ2v) is 6.53. The molecule has 0 atom stereocenters. The summed E-state index contributed by atoms with van der Waals surface area (Å²) < 4.78 is 11.3. The number of hydrogen-bond acceptors (Lipinski definition) is 5. The van der Waals surface area contributed by atoms with Gasteiger partial charge in [-0.3, -0.25) is 4.79 Å². The fraction of sp³-hybridized carbons (Fsp3) is 0.400. The molecule has 3 rings (SSSR count). The van der Waals surface area contributed by atoms with E-state index in [4.69, 9.17) is 15.2 Å². The summed E-state index contributed by atoms with van der Waals surface area (Å²) in [6.45, 7) is 2.89. The highest BCUT2D eigenvalue weighted by atomic mass is 35.5. The molecule has 8 heteroatoms. The van der Waals surface area contributed by atoms with Crippen molar-refractivity contribution in [2.75, 3.05) is 6.61 Å². The van der Waals surface area contributed by atoms with Gasteiger partial charge in [0, 0.05) is 18.8 Å². The molecule has 0 spiro atoms. The van der Waals surface area contributed by atoms with Gasteiger partial charge in [0.05, 0.1) is 12.1 Å². The summed E-state index contributed by atoms with van der Waals surface area (Å²) in [7, 11) is 0. The highest BCUT2D eigenvalue weighted by Crippen LogP contribution is 2.30. The van der Waals surface area contributed by atoms with Gasteiger partial charge in [-0.25, -0.2) is 4.98 Å². The number of benzene rings is 1. The van der Waals surface area contributed by atoms with E-state index in [-0.39, 0.29) is 30.7 Å². The van der Waals surface area contributed by atoms with Crippen LogP contribution in [0.15, 0.2) is 42.6 Å². The van der Waals surface area contributed by atoms with Gasteiger partial charge in [-0.05, 0) is 37.5 Å². The van der Waals surface area contributed by atoms with Gasteiger partial charge in [-0.15, -0.1) is 24.8 Å². The number of amides is 1. The number of aromatic nitrogens is 1. The van der Waals surface area contributed by atoms with Gasteiger partial charge in [-0.2, -0.15) is 0 Å². The number of rotatable bonds is 7. The van der Waals surface area contributed by atoms with Crippen LogP contribution in [-0.4, -0.2) is 23.0 Å². The SMILES string of the molecule is CCOc1ccccc1Oc1ccc(CNC(=O)C2(N)CCCC2)cn1.Cl.Cl. The van der Waals surface area contributed by atoms with E-state index in [2.05, 4.69) is 10.3 Å². The summed E-state index contributed by atoms with van der Waals surface area (Å²) in [5.41, 5.74) is 6.34. The third-order valence-corrected chi connectivity index (χ3v) is 4.56. The van der Waals surface area contributed by atoms with Crippen molar-refractivity contribution in [3.63, 3.8) is 0 Å². The average molecular weight is 428 g/mol. The first-order valence-corrected chi connectivity index (χ1v) is 9.02. The summed E-state index contributed by atoms with van der Waals surface area (Å²) in [4.78, 5) is 16.6.